The molecule has 0 radical (unpaired) electrons. The SMILES string of the molecule is CC(Cc1cc(C(=O)N2CCN(c3ccccn3)CC2)on1)c1ccccc1. The summed E-state index contributed by atoms with van der Waals surface area (Å²) in [5.74, 6) is 1.50. The number of amides is 1. The van der Waals surface area contributed by atoms with Crippen LogP contribution in [-0.4, -0.2) is 47.1 Å². The molecule has 1 aromatic carbocycles. The van der Waals surface area contributed by atoms with E-state index in [-0.39, 0.29) is 5.91 Å². The normalized spacial score (nSPS) is 15.5. The fourth-order valence-electron chi connectivity index (χ4n) is 3.56. The monoisotopic (exact) mass is 376 g/mol. The molecule has 3 heterocycles. The standard InChI is InChI=1S/C22H24N4O2/c1-17(18-7-3-2-4-8-18)15-19-16-20(28-24-19)22(27)26-13-11-25(12-14-26)21-9-5-6-10-23-21/h2-10,16-17H,11-15H2,1H3. The molecule has 1 aliphatic heterocycles. The summed E-state index contributed by atoms with van der Waals surface area (Å²) in [5.41, 5.74) is 2.07. The predicted octanol–water partition coefficient (Wildman–Crippen LogP) is 3.38. The second-order valence-electron chi connectivity index (χ2n) is 7.17. The largest absolute Gasteiger partial charge is 0.353 e. The fourth-order valence-corrected chi connectivity index (χ4v) is 3.56. The number of hydrogen-bond donors (Lipinski definition) is 0. The van der Waals surface area contributed by atoms with Gasteiger partial charge in [-0.05, 0) is 30.0 Å². The zero-order valence-corrected chi connectivity index (χ0v) is 16.0. The predicted molar refractivity (Wildman–Crippen MR) is 107 cm³/mol. The third-order valence-corrected chi connectivity index (χ3v) is 5.19. The lowest BCUT2D eigenvalue weighted by atomic mass is 9.96. The van der Waals surface area contributed by atoms with Crippen LogP contribution in [0.2, 0.25) is 0 Å². The number of pyridine rings is 1. The Labute approximate surface area is 164 Å². The number of nitrogens with zero attached hydrogens (tertiary/aromatic N) is 4. The molecule has 6 nitrogen and oxygen atoms in total. The molecule has 3 aromatic rings. The number of benzene rings is 1. The van der Waals surface area contributed by atoms with Gasteiger partial charge in [0.25, 0.3) is 5.91 Å². The van der Waals surface area contributed by atoms with Crippen LogP contribution in [0.5, 0.6) is 0 Å². The number of aromatic nitrogens is 2. The first-order valence-corrected chi connectivity index (χ1v) is 9.66. The lowest BCUT2D eigenvalue weighted by molar-refractivity contribution is 0.0704. The minimum absolute atomic E-state index is 0.0909. The van der Waals surface area contributed by atoms with Crippen molar-refractivity contribution in [2.24, 2.45) is 0 Å². The lowest BCUT2D eigenvalue weighted by Crippen LogP contribution is -2.49. The molecule has 2 aromatic heterocycles. The van der Waals surface area contributed by atoms with Crippen molar-refractivity contribution < 1.29 is 9.32 Å². The maximum absolute atomic E-state index is 12.8. The number of rotatable bonds is 5. The fraction of sp³-hybridized carbons (Fsp3) is 0.318. The van der Waals surface area contributed by atoms with Gasteiger partial charge in [-0.25, -0.2) is 4.98 Å². The highest BCUT2D eigenvalue weighted by molar-refractivity contribution is 5.91. The molecule has 1 saturated heterocycles. The van der Waals surface area contributed by atoms with Crippen LogP contribution in [0.25, 0.3) is 0 Å². The molecule has 0 aliphatic carbocycles. The average molecular weight is 376 g/mol. The van der Waals surface area contributed by atoms with Crippen molar-refractivity contribution in [3.8, 4) is 0 Å². The molecule has 1 unspecified atom stereocenters. The van der Waals surface area contributed by atoms with Gasteiger partial charge in [-0.3, -0.25) is 4.79 Å². The van der Waals surface area contributed by atoms with Crippen molar-refractivity contribution in [2.45, 2.75) is 19.3 Å². The maximum atomic E-state index is 12.8. The van der Waals surface area contributed by atoms with Crippen molar-refractivity contribution in [1.82, 2.24) is 15.0 Å². The van der Waals surface area contributed by atoms with Crippen molar-refractivity contribution in [3.63, 3.8) is 0 Å². The van der Waals surface area contributed by atoms with E-state index in [2.05, 4.69) is 34.1 Å². The van der Waals surface area contributed by atoms with E-state index in [1.165, 1.54) is 5.56 Å². The Morgan fingerprint density at radius 1 is 1.07 bits per heavy atom. The Hall–Kier alpha value is -3.15. The van der Waals surface area contributed by atoms with E-state index in [0.717, 1.165) is 31.0 Å². The third kappa shape index (κ3) is 4.06. The zero-order valence-electron chi connectivity index (χ0n) is 16.0. The summed E-state index contributed by atoms with van der Waals surface area (Å²) in [6, 6.07) is 18.0. The first-order valence-electron chi connectivity index (χ1n) is 9.66. The number of carbonyl (C=O) groups is 1. The van der Waals surface area contributed by atoms with E-state index >= 15 is 0 Å². The van der Waals surface area contributed by atoms with Gasteiger partial charge < -0.3 is 14.3 Å². The van der Waals surface area contributed by atoms with Crippen molar-refractivity contribution >= 4 is 11.7 Å². The Bertz CT molecular complexity index is 903. The molecule has 0 N–H and O–H groups in total. The second kappa shape index (κ2) is 8.25. The first-order chi connectivity index (χ1) is 13.7. The van der Waals surface area contributed by atoms with Crippen molar-refractivity contribution in [3.05, 3.63) is 77.8 Å². The highest BCUT2D eigenvalue weighted by Gasteiger charge is 2.25. The second-order valence-corrected chi connectivity index (χ2v) is 7.17. The van der Waals surface area contributed by atoms with Gasteiger partial charge in [0.05, 0.1) is 5.69 Å². The molecule has 1 fully saturated rings. The smallest absolute Gasteiger partial charge is 0.292 e. The summed E-state index contributed by atoms with van der Waals surface area (Å²) >= 11 is 0. The first kappa shape index (κ1) is 18.2. The van der Waals surface area contributed by atoms with Gasteiger partial charge >= 0.3 is 0 Å². The van der Waals surface area contributed by atoms with Gasteiger partial charge in [0, 0.05) is 38.4 Å². The molecule has 1 atom stereocenters. The molecule has 144 valence electrons. The van der Waals surface area contributed by atoms with Crippen LogP contribution in [0.4, 0.5) is 5.82 Å². The molecular formula is C22H24N4O2. The van der Waals surface area contributed by atoms with Crippen molar-refractivity contribution in [1.29, 1.82) is 0 Å². The quantitative estimate of drug-likeness (QED) is 0.683. The molecule has 0 spiro atoms. The number of anilines is 1. The summed E-state index contributed by atoms with van der Waals surface area (Å²) in [4.78, 5) is 21.2. The van der Waals surface area contributed by atoms with Gasteiger partial charge in [-0.1, -0.05) is 48.5 Å². The van der Waals surface area contributed by atoms with Gasteiger partial charge in [0.15, 0.2) is 0 Å². The van der Waals surface area contributed by atoms with Crippen LogP contribution in [-0.2, 0) is 6.42 Å². The van der Waals surface area contributed by atoms with Crippen LogP contribution in [0, 0.1) is 0 Å². The molecule has 0 saturated carbocycles. The van der Waals surface area contributed by atoms with E-state index in [4.69, 9.17) is 4.52 Å². The van der Waals surface area contributed by atoms with Gasteiger partial charge in [-0.15, -0.1) is 0 Å². The molecular weight excluding hydrogens is 352 g/mol. The number of hydrogen-bond acceptors (Lipinski definition) is 5. The summed E-state index contributed by atoms with van der Waals surface area (Å²) in [7, 11) is 0. The minimum atomic E-state index is -0.0909. The van der Waals surface area contributed by atoms with Gasteiger partial charge in [0.2, 0.25) is 5.76 Å². The highest BCUT2D eigenvalue weighted by atomic mass is 16.5. The van der Waals surface area contributed by atoms with E-state index < -0.39 is 0 Å². The summed E-state index contributed by atoms with van der Waals surface area (Å²) in [5, 5.41) is 4.12. The molecule has 1 aliphatic rings. The Kier molecular flexibility index (Phi) is 5.37. The Morgan fingerprint density at radius 3 is 2.54 bits per heavy atom. The molecule has 28 heavy (non-hydrogen) atoms. The van der Waals surface area contributed by atoms with Crippen LogP contribution in [0.15, 0.2) is 65.3 Å². The van der Waals surface area contributed by atoms with Crippen LogP contribution >= 0.6 is 0 Å². The zero-order chi connectivity index (χ0) is 19.3. The molecule has 4 rings (SSSR count). The summed E-state index contributed by atoms with van der Waals surface area (Å²) in [6.45, 7) is 4.96. The van der Waals surface area contributed by atoms with E-state index in [1.807, 2.05) is 41.3 Å². The van der Waals surface area contributed by atoms with E-state index in [0.29, 0.717) is 24.8 Å². The van der Waals surface area contributed by atoms with Gasteiger partial charge in [-0.2, -0.15) is 0 Å². The third-order valence-electron chi connectivity index (χ3n) is 5.19. The van der Waals surface area contributed by atoms with Crippen LogP contribution < -0.4 is 4.90 Å². The Balaban J connectivity index is 1.35. The number of carbonyl (C=O) groups excluding carboxylic acids is 1. The lowest BCUT2D eigenvalue weighted by Gasteiger charge is -2.34. The average Bonchev–Trinajstić information content (AvgIpc) is 3.23. The molecule has 0 bridgehead atoms. The maximum Gasteiger partial charge on any atom is 0.292 e. The number of piperazine rings is 1. The van der Waals surface area contributed by atoms with Crippen molar-refractivity contribution in [2.75, 3.05) is 31.1 Å². The van der Waals surface area contributed by atoms with Gasteiger partial charge in [0.1, 0.15) is 5.82 Å². The summed E-state index contributed by atoms with van der Waals surface area (Å²) < 4.78 is 5.36. The van der Waals surface area contributed by atoms with E-state index in [9.17, 15) is 4.79 Å². The summed E-state index contributed by atoms with van der Waals surface area (Å²) in [6.07, 6.45) is 2.54. The molecule has 1 amide bonds. The van der Waals surface area contributed by atoms with Crippen LogP contribution in [0.1, 0.15) is 34.7 Å². The topological polar surface area (TPSA) is 62.5 Å². The van der Waals surface area contributed by atoms with Crippen LogP contribution in [0.3, 0.4) is 0 Å². The Morgan fingerprint density at radius 2 is 1.82 bits per heavy atom. The molecule has 6 heteroatoms. The van der Waals surface area contributed by atoms with E-state index in [1.54, 1.807) is 12.3 Å². The highest BCUT2D eigenvalue weighted by Crippen LogP contribution is 2.21. The minimum Gasteiger partial charge on any atom is -0.353 e.